The van der Waals surface area contributed by atoms with Crippen LogP contribution < -0.4 is 0 Å². The van der Waals surface area contributed by atoms with Crippen LogP contribution in [0.15, 0.2) is 18.3 Å². The molecule has 1 aromatic heterocycles. The summed E-state index contributed by atoms with van der Waals surface area (Å²) in [6.45, 7) is 5.56. The van der Waals surface area contributed by atoms with E-state index in [4.69, 9.17) is 0 Å². The molecule has 1 fully saturated rings. The van der Waals surface area contributed by atoms with E-state index in [0.717, 1.165) is 51.7 Å². The number of hydrogen-bond acceptors (Lipinski definition) is 3. The zero-order valence-corrected chi connectivity index (χ0v) is 12.5. The molecule has 0 amide bonds. The van der Waals surface area contributed by atoms with Gasteiger partial charge in [-0.25, -0.2) is 0 Å². The summed E-state index contributed by atoms with van der Waals surface area (Å²) in [5.41, 5.74) is 1.97. The Bertz CT molecular complexity index is 462. The maximum atomic E-state index is 11.2. The van der Waals surface area contributed by atoms with Gasteiger partial charge in [0.25, 0.3) is 0 Å². The van der Waals surface area contributed by atoms with Crippen LogP contribution in [0.2, 0.25) is 0 Å². The zero-order chi connectivity index (χ0) is 14.0. The van der Waals surface area contributed by atoms with E-state index in [1.165, 1.54) is 17.7 Å². The molecule has 2 heterocycles. The average Bonchev–Trinajstić information content (AvgIpc) is 2.81. The van der Waals surface area contributed by atoms with Gasteiger partial charge in [-0.3, -0.25) is 4.98 Å². The minimum absolute atomic E-state index is 0.250. The van der Waals surface area contributed by atoms with Gasteiger partial charge in [0.2, 0.25) is 0 Å². The predicted octanol–water partition coefficient (Wildman–Crippen LogP) is 2.74. The van der Waals surface area contributed by atoms with E-state index < -0.39 is 5.60 Å². The molecule has 1 aliphatic heterocycles. The van der Waals surface area contributed by atoms with Gasteiger partial charge in [-0.2, -0.15) is 0 Å². The lowest BCUT2D eigenvalue weighted by atomic mass is 9.80. The van der Waals surface area contributed by atoms with Gasteiger partial charge < -0.3 is 10.0 Å². The van der Waals surface area contributed by atoms with Crippen LogP contribution in [-0.4, -0.2) is 40.2 Å². The third-order valence-corrected chi connectivity index (χ3v) is 5.09. The Labute approximate surface area is 122 Å². The summed E-state index contributed by atoms with van der Waals surface area (Å²) in [5.74, 6) is 0.250. The van der Waals surface area contributed by atoms with Crippen molar-refractivity contribution in [1.29, 1.82) is 0 Å². The summed E-state index contributed by atoms with van der Waals surface area (Å²) >= 11 is 0. The first kappa shape index (κ1) is 14.0. The number of aryl methyl sites for hydroxylation is 1. The van der Waals surface area contributed by atoms with Crippen LogP contribution in [0.1, 0.15) is 56.2 Å². The first-order valence-electron chi connectivity index (χ1n) is 8.11. The highest BCUT2D eigenvalue weighted by atomic mass is 16.3. The maximum Gasteiger partial charge on any atom is 0.0744 e. The number of likely N-dealkylation sites (tertiary alicyclic amines) is 1. The van der Waals surface area contributed by atoms with Crippen molar-refractivity contribution < 1.29 is 5.11 Å². The summed E-state index contributed by atoms with van der Waals surface area (Å²) in [4.78, 5) is 7.08. The number of pyridine rings is 1. The Morgan fingerprint density at radius 3 is 3.15 bits per heavy atom. The van der Waals surface area contributed by atoms with E-state index in [9.17, 15) is 5.11 Å². The van der Waals surface area contributed by atoms with Gasteiger partial charge in [-0.1, -0.05) is 13.0 Å². The fraction of sp³-hybridized carbons (Fsp3) is 0.706. The zero-order valence-electron chi connectivity index (χ0n) is 12.5. The molecule has 0 aromatic carbocycles. The first-order valence-corrected chi connectivity index (χ1v) is 8.11. The molecule has 2 atom stereocenters. The van der Waals surface area contributed by atoms with Crippen LogP contribution in [0.4, 0.5) is 0 Å². The summed E-state index contributed by atoms with van der Waals surface area (Å²) < 4.78 is 0. The van der Waals surface area contributed by atoms with E-state index in [1.54, 1.807) is 0 Å². The molecule has 1 aliphatic carbocycles. The molecule has 2 unspecified atom stereocenters. The lowest BCUT2D eigenvalue weighted by Crippen LogP contribution is -2.37. The molecule has 0 saturated carbocycles. The molecule has 3 heteroatoms. The Morgan fingerprint density at radius 1 is 1.40 bits per heavy atom. The van der Waals surface area contributed by atoms with Crippen LogP contribution in [0.3, 0.4) is 0 Å². The molecular weight excluding hydrogens is 248 g/mol. The molecule has 1 N–H and O–H groups in total. The Morgan fingerprint density at radius 2 is 2.30 bits per heavy atom. The number of fused-ring (bicyclic) bond motifs is 1. The standard InChI is InChI=1S/C17H26N2O/c1-2-11-19-12-4-8-17(20,9-13-19)15-7-6-14-5-3-10-18-16(14)15/h3,5,10,15,20H,2,4,6-9,11-13H2,1H3. The van der Waals surface area contributed by atoms with Crippen LogP contribution >= 0.6 is 0 Å². The second-order valence-corrected chi connectivity index (χ2v) is 6.44. The lowest BCUT2D eigenvalue weighted by Gasteiger charge is -2.33. The van der Waals surface area contributed by atoms with Crippen molar-refractivity contribution in [3.05, 3.63) is 29.6 Å². The van der Waals surface area contributed by atoms with Crippen LogP contribution in [0, 0.1) is 0 Å². The van der Waals surface area contributed by atoms with Crippen LogP contribution in [-0.2, 0) is 6.42 Å². The molecule has 2 aliphatic rings. The second kappa shape index (κ2) is 5.82. The monoisotopic (exact) mass is 274 g/mol. The van der Waals surface area contributed by atoms with Gasteiger partial charge in [-0.05, 0) is 63.2 Å². The highest BCUT2D eigenvalue weighted by molar-refractivity contribution is 5.31. The van der Waals surface area contributed by atoms with Gasteiger partial charge in [0.1, 0.15) is 0 Å². The summed E-state index contributed by atoms with van der Waals surface area (Å²) in [6.07, 6.45) is 8.15. The normalized spacial score (nSPS) is 31.0. The lowest BCUT2D eigenvalue weighted by molar-refractivity contribution is -0.00282. The minimum atomic E-state index is -0.540. The van der Waals surface area contributed by atoms with Gasteiger partial charge in [0.15, 0.2) is 0 Å². The van der Waals surface area contributed by atoms with Crippen molar-refractivity contribution in [2.45, 2.75) is 57.0 Å². The van der Waals surface area contributed by atoms with E-state index >= 15 is 0 Å². The summed E-state index contributed by atoms with van der Waals surface area (Å²) in [5, 5.41) is 11.2. The second-order valence-electron chi connectivity index (χ2n) is 6.44. The molecule has 1 saturated heterocycles. The van der Waals surface area contributed by atoms with E-state index in [-0.39, 0.29) is 5.92 Å². The van der Waals surface area contributed by atoms with E-state index in [2.05, 4.69) is 22.9 Å². The molecule has 3 nitrogen and oxygen atoms in total. The molecule has 20 heavy (non-hydrogen) atoms. The summed E-state index contributed by atoms with van der Waals surface area (Å²) in [6, 6.07) is 4.19. The Balaban J connectivity index is 1.76. The quantitative estimate of drug-likeness (QED) is 0.920. The molecule has 0 radical (unpaired) electrons. The van der Waals surface area contributed by atoms with Crippen molar-refractivity contribution in [3.63, 3.8) is 0 Å². The molecule has 110 valence electrons. The number of aliphatic hydroxyl groups is 1. The first-order chi connectivity index (χ1) is 9.73. The molecule has 0 bridgehead atoms. The number of hydrogen-bond donors (Lipinski definition) is 1. The smallest absolute Gasteiger partial charge is 0.0744 e. The van der Waals surface area contributed by atoms with Crippen molar-refractivity contribution in [3.8, 4) is 0 Å². The number of nitrogens with zero attached hydrogens (tertiary/aromatic N) is 2. The minimum Gasteiger partial charge on any atom is -0.389 e. The van der Waals surface area contributed by atoms with Crippen molar-refractivity contribution in [1.82, 2.24) is 9.88 Å². The van der Waals surface area contributed by atoms with Crippen LogP contribution in [0.25, 0.3) is 0 Å². The van der Waals surface area contributed by atoms with Crippen molar-refractivity contribution in [2.75, 3.05) is 19.6 Å². The third-order valence-electron chi connectivity index (χ3n) is 5.09. The van der Waals surface area contributed by atoms with Gasteiger partial charge in [0.05, 0.1) is 5.60 Å². The topological polar surface area (TPSA) is 36.4 Å². The fourth-order valence-corrected chi connectivity index (χ4v) is 4.02. The van der Waals surface area contributed by atoms with Gasteiger partial charge in [-0.15, -0.1) is 0 Å². The van der Waals surface area contributed by atoms with Gasteiger partial charge in [0, 0.05) is 24.4 Å². The SMILES string of the molecule is CCCN1CCCC(O)(C2CCc3cccnc32)CC1. The highest BCUT2D eigenvalue weighted by Crippen LogP contribution is 2.43. The van der Waals surface area contributed by atoms with Crippen LogP contribution in [0.5, 0.6) is 0 Å². The molecule has 3 rings (SSSR count). The highest BCUT2D eigenvalue weighted by Gasteiger charge is 2.42. The van der Waals surface area contributed by atoms with E-state index in [1.807, 2.05) is 12.3 Å². The number of rotatable bonds is 3. The molecule has 1 aromatic rings. The van der Waals surface area contributed by atoms with Crippen molar-refractivity contribution >= 4 is 0 Å². The Hall–Kier alpha value is -0.930. The Kier molecular flexibility index (Phi) is 4.08. The van der Waals surface area contributed by atoms with E-state index in [0.29, 0.717) is 0 Å². The average molecular weight is 274 g/mol. The maximum absolute atomic E-state index is 11.2. The van der Waals surface area contributed by atoms with Gasteiger partial charge >= 0.3 is 0 Å². The fourth-order valence-electron chi connectivity index (χ4n) is 4.02. The molecule has 0 spiro atoms. The molecular formula is C17H26N2O. The summed E-state index contributed by atoms with van der Waals surface area (Å²) in [7, 11) is 0. The third kappa shape index (κ3) is 2.61. The number of aromatic nitrogens is 1. The largest absolute Gasteiger partial charge is 0.389 e. The van der Waals surface area contributed by atoms with Crippen molar-refractivity contribution in [2.24, 2.45) is 0 Å². The predicted molar refractivity (Wildman–Crippen MR) is 80.8 cm³/mol.